The zero-order chi connectivity index (χ0) is 12.6. The van der Waals surface area contributed by atoms with Crippen LogP contribution in [0.15, 0.2) is 28.7 Å². The number of rotatable bonds is 2. The van der Waals surface area contributed by atoms with Crippen molar-refractivity contribution in [3.63, 3.8) is 0 Å². The smallest absolute Gasteiger partial charge is 0.0672 e. The molecule has 0 saturated carbocycles. The van der Waals surface area contributed by atoms with Crippen LogP contribution in [-0.4, -0.2) is 0 Å². The van der Waals surface area contributed by atoms with E-state index in [4.69, 9.17) is 17.3 Å². The second-order valence-electron chi connectivity index (χ2n) is 4.03. The number of halogens is 2. The summed E-state index contributed by atoms with van der Waals surface area (Å²) in [5, 5.41) is 0.762. The third kappa shape index (κ3) is 2.58. The molecular formula is C13H13BrClNS. The minimum atomic E-state index is -0.171. The van der Waals surface area contributed by atoms with Crippen LogP contribution in [-0.2, 0) is 0 Å². The lowest BCUT2D eigenvalue weighted by molar-refractivity contribution is 0.887. The van der Waals surface area contributed by atoms with Crippen molar-refractivity contribution >= 4 is 38.9 Å². The molecule has 0 aliphatic rings. The molecule has 90 valence electrons. The largest absolute Gasteiger partial charge is 0.320 e. The van der Waals surface area contributed by atoms with Gasteiger partial charge in [0.25, 0.3) is 0 Å². The quantitative estimate of drug-likeness (QED) is 0.838. The Kier molecular flexibility index (Phi) is 3.93. The molecule has 2 rings (SSSR count). The van der Waals surface area contributed by atoms with Crippen molar-refractivity contribution in [3.8, 4) is 0 Å². The average molecular weight is 331 g/mol. The summed E-state index contributed by atoms with van der Waals surface area (Å²) < 4.78 is 1.06. The maximum atomic E-state index is 6.31. The lowest BCUT2D eigenvalue weighted by Gasteiger charge is -2.14. The molecule has 1 nitrogen and oxygen atoms in total. The van der Waals surface area contributed by atoms with Gasteiger partial charge in [-0.1, -0.05) is 29.8 Å². The minimum Gasteiger partial charge on any atom is -0.320 e. The van der Waals surface area contributed by atoms with Gasteiger partial charge in [-0.15, -0.1) is 11.3 Å². The molecule has 0 aliphatic heterocycles. The van der Waals surface area contributed by atoms with E-state index in [9.17, 15) is 0 Å². The molecule has 1 heterocycles. The van der Waals surface area contributed by atoms with E-state index in [-0.39, 0.29) is 6.04 Å². The highest BCUT2D eigenvalue weighted by Crippen LogP contribution is 2.37. The molecular weight excluding hydrogens is 318 g/mol. The summed E-state index contributed by atoms with van der Waals surface area (Å²) in [5.41, 5.74) is 8.34. The fourth-order valence-electron chi connectivity index (χ4n) is 1.76. The van der Waals surface area contributed by atoms with Gasteiger partial charge in [-0.2, -0.15) is 0 Å². The van der Waals surface area contributed by atoms with Crippen molar-refractivity contribution in [1.29, 1.82) is 0 Å². The average Bonchev–Trinajstić information content (AvgIpc) is 2.61. The van der Waals surface area contributed by atoms with E-state index in [1.54, 1.807) is 11.3 Å². The van der Waals surface area contributed by atoms with Gasteiger partial charge in [0.2, 0.25) is 0 Å². The first-order valence-electron chi connectivity index (χ1n) is 5.27. The SMILES string of the molecule is Cc1cc(Br)c(C(N)c2cccc(C)c2Cl)s1. The van der Waals surface area contributed by atoms with Gasteiger partial charge in [0.15, 0.2) is 0 Å². The maximum absolute atomic E-state index is 6.31. The Morgan fingerprint density at radius 3 is 2.65 bits per heavy atom. The summed E-state index contributed by atoms with van der Waals surface area (Å²) in [6.45, 7) is 4.07. The number of hydrogen-bond donors (Lipinski definition) is 1. The van der Waals surface area contributed by atoms with Crippen molar-refractivity contribution in [2.24, 2.45) is 5.73 Å². The van der Waals surface area contributed by atoms with E-state index in [0.29, 0.717) is 0 Å². The van der Waals surface area contributed by atoms with Crippen molar-refractivity contribution < 1.29 is 0 Å². The van der Waals surface area contributed by atoms with Crippen LogP contribution in [0.1, 0.15) is 26.9 Å². The predicted molar refractivity (Wildman–Crippen MR) is 79.0 cm³/mol. The van der Waals surface area contributed by atoms with Gasteiger partial charge in [0, 0.05) is 19.2 Å². The molecule has 0 radical (unpaired) electrons. The van der Waals surface area contributed by atoms with Crippen LogP contribution in [0.5, 0.6) is 0 Å². The number of hydrogen-bond acceptors (Lipinski definition) is 2. The Morgan fingerprint density at radius 2 is 2.06 bits per heavy atom. The highest BCUT2D eigenvalue weighted by molar-refractivity contribution is 9.10. The number of nitrogens with two attached hydrogens (primary N) is 1. The Hall–Kier alpha value is -0.350. The third-order valence-corrected chi connectivity index (χ3v) is 5.24. The first kappa shape index (κ1) is 13.1. The fourth-order valence-corrected chi connectivity index (χ4v) is 3.93. The number of benzene rings is 1. The van der Waals surface area contributed by atoms with Gasteiger partial charge < -0.3 is 5.73 Å². The Balaban J connectivity index is 2.47. The molecule has 0 amide bonds. The topological polar surface area (TPSA) is 26.0 Å². The van der Waals surface area contributed by atoms with Crippen LogP contribution in [0.3, 0.4) is 0 Å². The zero-order valence-electron chi connectivity index (χ0n) is 9.63. The molecule has 0 bridgehead atoms. The maximum Gasteiger partial charge on any atom is 0.0672 e. The first-order valence-corrected chi connectivity index (χ1v) is 7.26. The summed E-state index contributed by atoms with van der Waals surface area (Å²) in [6.07, 6.45) is 0. The summed E-state index contributed by atoms with van der Waals surface area (Å²) in [4.78, 5) is 2.36. The van der Waals surface area contributed by atoms with E-state index in [0.717, 1.165) is 25.5 Å². The van der Waals surface area contributed by atoms with E-state index in [1.807, 2.05) is 25.1 Å². The van der Waals surface area contributed by atoms with Crippen molar-refractivity contribution in [3.05, 3.63) is 54.6 Å². The first-order chi connectivity index (χ1) is 8.00. The zero-order valence-corrected chi connectivity index (χ0v) is 12.8. The minimum absolute atomic E-state index is 0.171. The van der Waals surface area contributed by atoms with Crippen molar-refractivity contribution in [2.45, 2.75) is 19.9 Å². The van der Waals surface area contributed by atoms with Crippen LogP contribution in [0.4, 0.5) is 0 Å². The van der Waals surface area contributed by atoms with Crippen LogP contribution in [0.25, 0.3) is 0 Å². The van der Waals surface area contributed by atoms with Crippen molar-refractivity contribution in [2.75, 3.05) is 0 Å². The Bertz CT molecular complexity index is 550. The standard InChI is InChI=1S/C13H13BrClNS/c1-7-4-3-5-9(11(7)15)12(16)13-10(14)6-8(2)17-13/h3-6,12H,16H2,1-2H3. The van der Waals surface area contributed by atoms with E-state index < -0.39 is 0 Å². The summed E-state index contributed by atoms with van der Waals surface area (Å²) in [6, 6.07) is 7.89. The summed E-state index contributed by atoms with van der Waals surface area (Å²) in [5.74, 6) is 0. The lowest BCUT2D eigenvalue weighted by Crippen LogP contribution is -2.11. The van der Waals surface area contributed by atoms with Crippen molar-refractivity contribution in [1.82, 2.24) is 0 Å². The van der Waals surface area contributed by atoms with Crippen LogP contribution >= 0.6 is 38.9 Å². The van der Waals surface area contributed by atoms with Crippen LogP contribution < -0.4 is 5.73 Å². The second-order valence-corrected chi connectivity index (χ2v) is 6.55. The van der Waals surface area contributed by atoms with Crippen LogP contribution in [0, 0.1) is 13.8 Å². The van der Waals surface area contributed by atoms with E-state index in [1.165, 1.54) is 4.88 Å². The summed E-state index contributed by atoms with van der Waals surface area (Å²) in [7, 11) is 0. The van der Waals surface area contributed by atoms with E-state index in [2.05, 4.69) is 28.9 Å². The molecule has 1 aromatic carbocycles. The second kappa shape index (κ2) is 5.11. The molecule has 0 fully saturated rings. The van der Waals surface area contributed by atoms with Gasteiger partial charge in [-0.25, -0.2) is 0 Å². The highest BCUT2D eigenvalue weighted by atomic mass is 79.9. The van der Waals surface area contributed by atoms with Crippen LogP contribution in [0.2, 0.25) is 5.02 Å². The molecule has 0 saturated heterocycles. The molecule has 1 atom stereocenters. The van der Waals surface area contributed by atoms with Gasteiger partial charge in [-0.3, -0.25) is 0 Å². The lowest BCUT2D eigenvalue weighted by atomic mass is 10.0. The molecule has 2 N–H and O–H groups in total. The monoisotopic (exact) mass is 329 g/mol. The molecule has 2 aromatic rings. The molecule has 0 aliphatic carbocycles. The Morgan fingerprint density at radius 1 is 1.35 bits per heavy atom. The van der Waals surface area contributed by atoms with Gasteiger partial charge >= 0.3 is 0 Å². The summed E-state index contributed by atoms with van der Waals surface area (Å²) >= 11 is 11.6. The fraction of sp³-hybridized carbons (Fsp3) is 0.231. The van der Waals surface area contributed by atoms with Gasteiger partial charge in [0.05, 0.1) is 6.04 Å². The molecule has 17 heavy (non-hydrogen) atoms. The molecule has 1 unspecified atom stereocenters. The van der Waals surface area contributed by atoms with Gasteiger partial charge in [0.1, 0.15) is 0 Å². The molecule has 4 heteroatoms. The van der Waals surface area contributed by atoms with Gasteiger partial charge in [-0.05, 0) is 47.0 Å². The predicted octanol–water partition coefficient (Wildman–Crippen LogP) is 4.83. The highest BCUT2D eigenvalue weighted by Gasteiger charge is 2.18. The third-order valence-electron chi connectivity index (χ3n) is 2.68. The molecule has 0 spiro atoms. The molecule has 1 aromatic heterocycles. The number of aryl methyl sites for hydroxylation is 2. The number of thiophene rings is 1. The van der Waals surface area contributed by atoms with E-state index >= 15 is 0 Å². The Labute approximate surface area is 119 Å². The normalized spacial score (nSPS) is 12.8.